The lowest BCUT2D eigenvalue weighted by Crippen LogP contribution is -2.31. The maximum absolute atomic E-state index is 15.1. The maximum Gasteiger partial charge on any atom is 0.324 e. The van der Waals surface area contributed by atoms with Crippen molar-refractivity contribution in [2.24, 2.45) is 0 Å². The molecule has 2 aliphatic rings. The van der Waals surface area contributed by atoms with Crippen LogP contribution in [0, 0.1) is 0 Å². The first-order valence-corrected chi connectivity index (χ1v) is 15.8. The molecule has 0 radical (unpaired) electrons. The molecule has 2 aliphatic heterocycles. The van der Waals surface area contributed by atoms with Crippen LogP contribution < -0.4 is 17.0 Å². The van der Waals surface area contributed by atoms with Gasteiger partial charge in [0.15, 0.2) is 23.6 Å². The Kier molecular flexibility index (Phi) is 7.50. The van der Waals surface area contributed by atoms with Gasteiger partial charge in [-0.25, -0.2) is 19.3 Å². The number of aliphatic hydroxyl groups is 2. The molecular weight excluding hydrogens is 604 g/mol. The Morgan fingerprint density at radius 3 is 2.88 bits per heavy atom. The van der Waals surface area contributed by atoms with E-state index in [1.165, 1.54) is 35.2 Å². The number of H-pyrrole nitrogens is 1. The number of imidazole rings is 1. The molecule has 16 nitrogen and oxygen atoms in total. The van der Waals surface area contributed by atoms with E-state index in [4.69, 9.17) is 37.1 Å². The summed E-state index contributed by atoms with van der Waals surface area (Å²) in [5, 5.41) is 19.9. The third kappa shape index (κ3) is 5.21. The lowest BCUT2D eigenvalue weighted by molar-refractivity contribution is -0.0448. The molecule has 0 amide bonds. The summed E-state index contributed by atoms with van der Waals surface area (Å²) in [4.78, 5) is 41.8. The summed E-state index contributed by atoms with van der Waals surface area (Å²) in [7, 11) is 0. The van der Waals surface area contributed by atoms with Crippen LogP contribution >= 0.6 is 18.5 Å². The van der Waals surface area contributed by atoms with Gasteiger partial charge in [0, 0.05) is 11.4 Å². The zero-order valence-electron chi connectivity index (χ0n) is 20.9. The first-order valence-electron chi connectivity index (χ1n) is 12.3. The van der Waals surface area contributed by atoms with Crippen LogP contribution in [0.25, 0.3) is 22.2 Å². The lowest BCUT2D eigenvalue weighted by Gasteiger charge is -2.26. The van der Waals surface area contributed by atoms with Crippen molar-refractivity contribution in [2.45, 2.75) is 47.8 Å². The average molecular weight is 630 g/mol. The molecule has 41 heavy (non-hydrogen) atoms. The molecular formula is C21H25FN9O7PS2. The number of halogens is 1. The molecule has 4 aromatic heterocycles. The van der Waals surface area contributed by atoms with Gasteiger partial charge in [-0.3, -0.25) is 14.3 Å². The summed E-state index contributed by atoms with van der Waals surface area (Å²) in [6.45, 7) is -4.65. The second-order valence-corrected chi connectivity index (χ2v) is 13.7. The Bertz CT molecular complexity index is 1700. The van der Waals surface area contributed by atoms with Crippen molar-refractivity contribution in [3.63, 3.8) is 0 Å². The summed E-state index contributed by atoms with van der Waals surface area (Å²) >= 11 is 6.54. The maximum atomic E-state index is 15.1. The van der Waals surface area contributed by atoms with Gasteiger partial charge in [0.05, 0.1) is 31.0 Å². The quantitative estimate of drug-likeness (QED) is 0.140. The highest BCUT2D eigenvalue weighted by Gasteiger charge is 2.47. The van der Waals surface area contributed by atoms with Gasteiger partial charge >= 0.3 is 6.72 Å². The largest absolute Gasteiger partial charge is 0.395 e. The third-order valence-electron chi connectivity index (χ3n) is 6.85. The number of hydrogen-bond donors (Lipinski definition) is 6. The number of nitrogens with one attached hydrogen (secondary N) is 1. The lowest BCUT2D eigenvalue weighted by atomic mass is 10.1. The summed E-state index contributed by atoms with van der Waals surface area (Å²) in [6.07, 6.45) is -2.28. The minimum atomic E-state index is -3.99. The van der Waals surface area contributed by atoms with Crippen molar-refractivity contribution in [2.75, 3.05) is 24.7 Å². The second-order valence-electron chi connectivity index (χ2n) is 9.47. The minimum Gasteiger partial charge on any atom is -0.395 e. The number of aromatic nitrogens is 7. The number of alkyl halides is 1. The van der Waals surface area contributed by atoms with Gasteiger partial charge in [-0.05, 0) is 24.3 Å². The number of fused-ring (bicyclic) bond motifs is 2. The van der Waals surface area contributed by atoms with Crippen LogP contribution in [-0.2, 0) is 25.6 Å². The van der Waals surface area contributed by atoms with E-state index in [0.29, 0.717) is 11.0 Å². The zero-order valence-corrected chi connectivity index (χ0v) is 23.5. The molecule has 0 aliphatic carbocycles. The summed E-state index contributed by atoms with van der Waals surface area (Å²) < 4.78 is 35.2. The van der Waals surface area contributed by atoms with E-state index < -0.39 is 55.0 Å². The number of anilines is 2. The number of nitrogen functional groups attached to an aromatic ring is 2. The highest BCUT2D eigenvalue weighted by Crippen LogP contribution is 2.53. The molecule has 0 saturated carbocycles. The molecule has 0 spiro atoms. The number of hydrogen-bond acceptors (Lipinski definition) is 14. The van der Waals surface area contributed by atoms with Gasteiger partial charge in [-0.2, -0.15) is 4.98 Å². The van der Waals surface area contributed by atoms with Crippen molar-refractivity contribution in [3.8, 4) is 0 Å². The highest BCUT2D eigenvalue weighted by atomic mass is 32.5. The number of nitrogens with zero attached hydrogens (tertiary/aromatic N) is 6. The van der Waals surface area contributed by atoms with Crippen LogP contribution in [0.3, 0.4) is 0 Å². The van der Waals surface area contributed by atoms with E-state index in [1.807, 2.05) is 0 Å². The molecule has 8 atom stereocenters. The molecule has 0 bridgehead atoms. The highest BCUT2D eigenvalue weighted by molar-refractivity contribution is 8.07. The predicted molar refractivity (Wildman–Crippen MR) is 149 cm³/mol. The number of aliphatic hydroxyl groups excluding tert-OH is 2. The Balaban J connectivity index is 1.16. The molecule has 2 saturated heterocycles. The fourth-order valence-corrected chi connectivity index (χ4v) is 7.88. The molecule has 0 aromatic carbocycles. The van der Waals surface area contributed by atoms with Gasteiger partial charge in [0.1, 0.15) is 35.4 Å². The van der Waals surface area contributed by atoms with Gasteiger partial charge in [-0.1, -0.05) is 0 Å². The molecule has 220 valence electrons. The van der Waals surface area contributed by atoms with Crippen molar-refractivity contribution in [3.05, 3.63) is 35.3 Å². The van der Waals surface area contributed by atoms with Crippen LogP contribution in [0.1, 0.15) is 18.0 Å². The van der Waals surface area contributed by atoms with E-state index in [-0.39, 0.29) is 41.2 Å². The van der Waals surface area contributed by atoms with Crippen molar-refractivity contribution in [1.82, 2.24) is 34.1 Å². The molecule has 6 rings (SSSR count). The average Bonchev–Trinajstić information content (AvgIpc) is 3.69. The topological polar surface area (TPSA) is 235 Å². The fourth-order valence-electron chi connectivity index (χ4n) is 4.93. The smallest absolute Gasteiger partial charge is 0.324 e. The molecule has 20 heteroatoms. The Morgan fingerprint density at radius 2 is 2.10 bits per heavy atom. The summed E-state index contributed by atoms with van der Waals surface area (Å²) in [6, 6.07) is 1.61. The molecule has 2 fully saturated rings. The standard InChI is InChI=1S/C21H25FN9O7PS2/c22-12-14(33)11(37-19(12)30-2-1-9-15(23)25-6-26-16(9)30)5-36-39(35,40)38-10-3-8(4-32)41-20(10)31-7-27-13-17(31)28-21(24)29-18(13)34/h1-2,6-8,10-12,14,19-20,32-33H,3-5H2,(H,35,40)(H2,23,25,26)(H3,24,28,29,34)/t8-,10+,11+,12-,14+,19+,20+,39?/m0/s1. The second kappa shape index (κ2) is 10.8. The monoisotopic (exact) mass is 629 g/mol. The first-order chi connectivity index (χ1) is 19.6. The number of aromatic amines is 1. The van der Waals surface area contributed by atoms with Crippen molar-refractivity contribution in [1.29, 1.82) is 0 Å². The van der Waals surface area contributed by atoms with Crippen LogP contribution in [-0.4, -0.2) is 92.1 Å². The first kappa shape index (κ1) is 28.4. The Labute approximate surface area is 239 Å². The third-order valence-corrected chi connectivity index (χ3v) is 9.98. The summed E-state index contributed by atoms with van der Waals surface area (Å²) in [5.41, 5.74) is 11.6. The van der Waals surface area contributed by atoms with E-state index in [9.17, 15) is 19.9 Å². The van der Waals surface area contributed by atoms with Gasteiger partial charge in [0.25, 0.3) is 5.56 Å². The van der Waals surface area contributed by atoms with Crippen LogP contribution in [0.5, 0.6) is 0 Å². The Hall–Kier alpha value is -2.74. The number of thioether (sulfide) groups is 1. The van der Waals surface area contributed by atoms with E-state index >= 15 is 4.39 Å². The minimum absolute atomic E-state index is 0.0537. The molecule has 8 N–H and O–H groups in total. The van der Waals surface area contributed by atoms with Gasteiger partial charge in [0.2, 0.25) is 5.95 Å². The van der Waals surface area contributed by atoms with Crippen molar-refractivity contribution >= 4 is 64.3 Å². The number of rotatable bonds is 8. The predicted octanol–water partition coefficient (Wildman–Crippen LogP) is -0.0597. The van der Waals surface area contributed by atoms with Crippen molar-refractivity contribution < 1.29 is 33.3 Å². The van der Waals surface area contributed by atoms with Crippen LogP contribution in [0.4, 0.5) is 16.2 Å². The van der Waals surface area contributed by atoms with Crippen LogP contribution in [0.15, 0.2) is 29.7 Å². The van der Waals surface area contributed by atoms with Gasteiger partial charge in [-0.15, -0.1) is 11.8 Å². The molecule has 4 aromatic rings. The molecule has 1 unspecified atom stereocenters. The zero-order chi connectivity index (χ0) is 29.1. The van der Waals surface area contributed by atoms with Gasteiger partial charge < -0.3 is 44.9 Å². The summed E-state index contributed by atoms with van der Waals surface area (Å²) in [5.74, 6) is 0.102. The fraction of sp³-hybridized carbons (Fsp3) is 0.476. The van der Waals surface area contributed by atoms with E-state index in [0.717, 1.165) is 0 Å². The Morgan fingerprint density at radius 1 is 1.29 bits per heavy atom. The number of ether oxygens (including phenoxy) is 1. The van der Waals surface area contributed by atoms with E-state index in [1.54, 1.807) is 10.6 Å². The van der Waals surface area contributed by atoms with E-state index in [2.05, 4.69) is 24.9 Å². The SMILES string of the molecule is Nc1nc2c(ncn2[C@@H]2S[C@H](CO)C[C@H]2OP(O)(=S)OC[C@H]2O[C@@H](n3ccc4c(N)ncnc43)[C@@H](F)[C@@H]2O)c(=O)[nH]1. The van der Waals surface area contributed by atoms with Crippen LogP contribution in [0.2, 0.25) is 0 Å². The number of nitrogens with two attached hydrogens (primary N) is 2. The normalized spacial score (nSPS) is 29.9. The molecule has 6 heterocycles.